The summed E-state index contributed by atoms with van der Waals surface area (Å²) >= 11 is 0. The van der Waals surface area contributed by atoms with E-state index >= 15 is 0 Å². The lowest BCUT2D eigenvalue weighted by atomic mass is 9.95. The zero-order chi connectivity index (χ0) is 7.61. The first-order valence-electron chi connectivity index (χ1n) is 3.64. The van der Waals surface area contributed by atoms with Gasteiger partial charge in [0.2, 0.25) is 0 Å². The molecule has 3 N–H and O–H groups in total. The van der Waals surface area contributed by atoms with Gasteiger partial charge in [0, 0.05) is 6.61 Å². The lowest BCUT2D eigenvalue weighted by Gasteiger charge is -2.32. The summed E-state index contributed by atoms with van der Waals surface area (Å²) in [6.45, 7) is 2.63. The summed E-state index contributed by atoms with van der Waals surface area (Å²) < 4.78 is 5.38. The predicted molar refractivity (Wildman–Crippen MR) is 40.1 cm³/mol. The quantitative estimate of drug-likeness (QED) is 0.422. The van der Waals surface area contributed by atoms with Crippen LogP contribution in [0, 0.1) is 5.41 Å². The summed E-state index contributed by atoms with van der Waals surface area (Å²) in [7, 11) is 0. The zero-order valence-electron chi connectivity index (χ0n) is 6.31. The molecule has 3 nitrogen and oxygen atoms in total. The van der Waals surface area contributed by atoms with Gasteiger partial charge in [-0.25, -0.2) is 0 Å². The lowest BCUT2D eigenvalue weighted by molar-refractivity contribution is -0.0164. The second-order valence-electron chi connectivity index (χ2n) is 2.95. The predicted octanol–water partition coefficient (Wildman–Crippen LogP) is 0.882. The van der Waals surface area contributed by atoms with Gasteiger partial charge < -0.3 is 10.5 Å². The maximum Gasteiger partial charge on any atom is 0.123 e. The van der Waals surface area contributed by atoms with Gasteiger partial charge in [-0.1, -0.05) is 0 Å². The Kier molecular flexibility index (Phi) is 1.94. The van der Waals surface area contributed by atoms with Crippen molar-refractivity contribution < 1.29 is 4.74 Å². The van der Waals surface area contributed by atoms with Crippen LogP contribution in [0.5, 0.6) is 0 Å². The first-order valence-corrected chi connectivity index (χ1v) is 3.64. The number of amidine groups is 1. The molecular weight excluding hydrogens is 128 g/mol. The standard InChI is InChI=1S/C7H14N2O/c1-7(6(8)9)4-2-3-5-10-7/h2-5H2,1H3,(H3,8,9). The Bertz CT molecular complexity index is 139. The van der Waals surface area contributed by atoms with Gasteiger partial charge >= 0.3 is 0 Å². The van der Waals surface area contributed by atoms with Crippen molar-refractivity contribution in [1.29, 1.82) is 5.41 Å². The maximum atomic E-state index is 7.24. The van der Waals surface area contributed by atoms with E-state index in [2.05, 4.69) is 0 Å². The number of nitrogens with two attached hydrogens (primary N) is 1. The highest BCUT2D eigenvalue weighted by Gasteiger charge is 2.30. The van der Waals surface area contributed by atoms with E-state index in [-0.39, 0.29) is 5.84 Å². The summed E-state index contributed by atoms with van der Waals surface area (Å²) in [5.74, 6) is 0.159. The van der Waals surface area contributed by atoms with Crippen molar-refractivity contribution in [3.63, 3.8) is 0 Å². The van der Waals surface area contributed by atoms with E-state index in [1.165, 1.54) is 0 Å². The van der Waals surface area contributed by atoms with Crippen molar-refractivity contribution in [2.24, 2.45) is 5.73 Å². The normalized spacial score (nSPS) is 33.7. The topological polar surface area (TPSA) is 59.1 Å². The third kappa shape index (κ3) is 1.29. The van der Waals surface area contributed by atoms with Gasteiger partial charge in [0.1, 0.15) is 11.4 Å². The van der Waals surface area contributed by atoms with Crippen LogP contribution in [0.1, 0.15) is 26.2 Å². The molecule has 0 aliphatic carbocycles. The number of nitrogens with one attached hydrogen (secondary N) is 1. The van der Waals surface area contributed by atoms with Gasteiger partial charge in [-0.15, -0.1) is 0 Å². The van der Waals surface area contributed by atoms with E-state index in [1.807, 2.05) is 6.92 Å². The van der Waals surface area contributed by atoms with Gasteiger partial charge in [0.25, 0.3) is 0 Å². The molecule has 0 bridgehead atoms. The fourth-order valence-electron chi connectivity index (χ4n) is 1.15. The van der Waals surface area contributed by atoms with Crippen LogP contribution in [0.15, 0.2) is 0 Å². The molecule has 1 fully saturated rings. The Labute approximate surface area is 61.1 Å². The molecule has 0 spiro atoms. The molecule has 10 heavy (non-hydrogen) atoms. The molecule has 0 radical (unpaired) electrons. The Hall–Kier alpha value is -0.570. The van der Waals surface area contributed by atoms with Gasteiger partial charge in [-0.2, -0.15) is 0 Å². The van der Waals surface area contributed by atoms with Crippen LogP contribution in [0.3, 0.4) is 0 Å². The van der Waals surface area contributed by atoms with Gasteiger partial charge in [-0.05, 0) is 26.2 Å². The van der Waals surface area contributed by atoms with Crippen molar-refractivity contribution >= 4 is 5.84 Å². The molecule has 0 aromatic carbocycles. The third-order valence-corrected chi connectivity index (χ3v) is 2.04. The number of hydrogen-bond acceptors (Lipinski definition) is 2. The summed E-state index contributed by atoms with van der Waals surface area (Å²) in [6.07, 6.45) is 3.11. The molecule has 1 rings (SSSR count). The third-order valence-electron chi connectivity index (χ3n) is 2.04. The minimum atomic E-state index is -0.460. The monoisotopic (exact) mass is 142 g/mol. The van der Waals surface area contributed by atoms with E-state index < -0.39 is 5.60 Å². The van der Waals surface area contributed by atoms with E-state index in [9.17, 15) is 0 Å². The Balaban J connectivity index is 2.56. The molecular formula is C7H14N2O. The average Bonchev–Trinajstić information content (AvgIpc) is 1.89. The Morgan fingerprint density at radius 2 is 2.30 bits per heavy atom. The van der Waals surface area contributed by atoms with Crippen molar-refractivity contribution in [2.75, 3.05) is 6.61 Å². The molecule has 1 aliphatic rings. The van der Waals surface area contributed by atoms with Gasteiger partial charge in [0.05, 0.1) is 0 Å². The molecule has 1 saturated heterocycles. The number of ether oxygens (including phenoxy) is 1. The van der Waals surface area contributed by atoms with E-state index in [4.69, 9.17) is 15.9 Å². The van der Waals surface area contributed by atoms with Crippen molar-refractivity contribution in [3.8, 4) is 0 Å². The number of rotatable bonds is 1. The molecule has 1 heterocycles. The van der Waals surface area contributed by atoms with Gasteiger partial charge in [-0.3, -0.25) is 5.41 Å². The Morgan fingerprint density at radius 1 is 1.60 bits per heavy atom. The smallest absolute Gasteiger partial charge is 0.123 e. The maximum absolute atomic E-state index is 7.24. The van der Waals surface area contributed by atoms with E-state index in [0.717, 1.165) is 25.9 Å². The van der Waals surface area contributed by atoms with Crippen LogP contribution < -0.4 is 5.73 Å². The minimum Gasteiger partial charge on any atom is -0.385 e. The highest BCUT2D eigenvalue weighted by molar-refractivity contribution is 5.85. The molecule has 0 amide bonds. The SMILES string of the molecule is CC1(C(=N)N)CCCCO1. The van der Waals surface area contributed by atoms with Crippen molar-refractivity contribution in [1.82, 2.24) is 0 Å². The second-order valence-corrected chi connectivity index (χ2v) is 2.95. The average molecular weight is 142 g/mol. The molecule has 0 saturated carbocycles. The summed E-state index contributed by atoms with van der Waals surface area (Å²) in [5.41, 5.74) is 4.90. The molecule has 3 heteroatoms. The summed E-state index contributed by atoms with van der Waals surface area (Å²) in [5, 5.41) is 7.24. The zero-order valence-corrected chi connectivity index (χ0v) is 6.31. The lowest BCUT2D eigenvalue weighted by Crippen LogP contribution is -2.45. The van der Waals surface area contributed by atoms with Crippen molar-refractivity contribution in [3.05, 3.63) is 0 Å². The molecule has 1 atom stereocenters. The molecule has 1 unspecified atom stereocenters. The summed E-state index contributed by atoms with van der Waals surface area (Å²) in [6, 6.07) is 0. The molecule has 1 aliphatic heterocycles. The second kappa shape index (κ2) is 2.58. The van der Waals surface area contributed by atoms with Crippen LogP contribution in [-0.2, 0) is 4.74 Å². The first-order chi connectivity index (χ1) is 4.65. The molecule has 0 aromatic heterocycles. The molecule has 0 aromatic rings. The van der Waals surface area contributed by atoms with E-state index in [0.29, 0.717) is 0 Å². The highest BCUT2D eigenvalue weighted by Crippen LogP contribution is 2.23. The fraction of sp³-hybridized carbons (Fsp3) is 0.857. The Morgan fingerprint density at radius 3 is 2.60 bits per heavy atom. The minimum absolute atomic E-state index is 0.159. The van der Waals surface area contributed by atoms with Gasteiger partial charge in [0.15, 0.2) is 0 Å². The largest absolute Gasteiger partial charge is 0.385 e. The van der Waals surface area contributed by atoms with Crippen LogP contribution in [0.25, 0.3) is 0 Å². The fourth-order valence-corrected chi connectivity index (χ4v) is 1.15. The first kappa shape index (κ1) is 7.54. The van der Waals surface area contributed by atoms with E-state index in [1.54, 1.807) is 0 Å². The van der Waals surface area contributed by atoms with Crippen LogP contribution >= 0.6 is 0 Å². The van der Waals surface area contributed by atoms with Crippen molar-refractivity contribution in [2.45, 2.75) is 31.8 Å². The molecule has 58 valence electrons. The number of hydrogen-bond donors (Lipinski definition) is 2. The van der Waals surface area contributed by atoms with Crippen LogP contribution in [0.2, 0.25) is 0 Å². The van der Waals surface area contributed by atoms with Crippen LogP contribution in [-0.4, -0.2) is 18.0 Å². The highest BCUT2D eigenvalue weighted by atomic mass is 16.5. The van der Waals surface area contributed by atoms with Crippen LogP contribution in [0.4, 0.5) is 0 Å². The summed E-state index contributed by atoms with van der Waals surface area (Å²) in [4.78, 5) is 0.